The summed E-state index contributed by atoms with van der Waals surface area (Å²) in [4.78, 5) is 10.3. The molecule has 0 heterocycles. The first-order valence-electron chi connectivity index (χ1n) is 8.92. The van der Waals surface area contributed by atoms with Crippen molar-refractivity contribution < 1.29 is 14.4 Å². The molecule has 0 spiro atoms. The minimum atomic E-state index is -0.480. The Labute approximate surface area is 178 Å². The number of halogens is 1. The summed E-state index contributed by atoms with van der Waals surface area (Å²) in [6, 6.07) is 20.7. The molecule has 0 amide bonds. The van der Waals surface area contributed by atoms with Crippen LogP contribution in [0.25, 0.3) is 11.6 Å². The molecule has 0 unspecified atom stereocenters. The van der Waals surface area contributed by atoms with Gasteiger partial charge in [0.25, 0.3) is 5.69 Å². The molecule has 0 atom stereocenters. The zero-order valence-electron chi connectivity index (χ0n) is 16.0. The smallest absolute Gasteiger partial charge is 0.269 e. The van der Waals surface area contributed by atoms with Crippen LogP contribution in [0.4, 0.5) is 5.69 Å². The van der Waals surface area contributed by atoms with E-state index in [1.165, 1.54) is 19.2 Å². The highest BCUT2D eigenvalue weighted by molar-refractivity contribution is 6.30. The molecule has 0 aliphatic carbocycles. The molecular weight excluding hydrogens is 404 g/mol. The molecule has 3 rings (SSSR count). The van der Waals surface area contributed by atoms with E-state index in [-0.39, 0.29) is 5.69 Å². The molecule has 0 fully saturated rings. The quantitative estimate of drug-likeness (QED) is 0.205. The van der Waals surface area contributed by atoms with E-state index in [2.05, 4.69) is 6.07 Å². The Morgan fingerprint density at radius 2 is 1.90 bits per heavy atom. The van der Waals surface area contributed by atoms with Crippen LogP contribution in [-0.2, 0) is 6.61 Å². The number of ether oxygens (including phenoxy) is 2. The predicted octanol–water partition coefficient (Wildman–Crippen LogP) is 5.90. The first-order valence-corrected chi connectivity index (χ1v) is 9.30. The van der Waals surface area contributed by atoms with Gasteiger partial charge in [0, 0.05) is 17.2 Å². The van der Waals surface area contributed by atoms with Crippen LogP contribution in [-0.4, -0.2) is 12.0 Å². The van der Waals surface area contributed by atoms with Crippen molar-refractivity contribution in [3.63, 3.8) is 0 Å². The third-order valence-electron chi connectivity index (χ3n) is 4.29. The first kappa shape index (κ1) is 20.9. The van der Waals surface area contributed by atoms with Crippen LogP contribution in [0.2, 0.25) is 5.02 Å². The molecule has 0 aromatic heterocycles. The van der Waals surface area contributed by atoms with Crippen molar-refractivity contribution in [3.8, 4) is 17.6 Å². The number of non-ortho nitro benzene ring substituents is 1. The normalized spacial score (nSPS) is 10.9. The van der Waals surface area contributed by atoms with E-state index in [1.54, 1.807) is 42.5 Å². The molecule has 0 saturated heterocycles. The fourth-order valence-corrected chi connectivity index (χ4v) is 3.00. The number of nitriles is 1. The number of benzene rings is 3. The van der Waals surface area contributed by atoms with E-state index in [9.17, 15) is 15.4 Å². The summed E-state index contributed by atoms with van der Waals surface area (Å²) >= 11 is 6.00. The second-order valence-electron chi connectivity index (χ2n) is 6.30. The molecule has 3 aromatic carbocycles. The van der Waals surface area contributed by atoms with Gasteiger partial charge in [0.05, 0.1) is 23.7 Å². The van der Waals surface area contributed by atoms with E-state index < -0.39 is 4.92 Å². The monoisotopic (exact) mass is 420 g/mol. The highest BCUT2D eigenvalue weighted by Gasteiger charge is 2.09. The van der Waals surface area contributed by atoms with Crippen molar-refractivity contribution in [2.24, 2.45) is 0 Å². The van der Waals surface area contributed by atoms with Gasteiger partial charge in [-0.05, 0) is 59.2 Å². The molecule has 7 heteroatoms. The molecule has 0 radical (unpaired) electrons. The molecule has 6 nitrogen and oxygen atoms in total. The van der Waals surface area contributed by atoms with Gasteiger partial charge < -0.3 is 9.47 Å². The van der Waals surface area contributed by atoms with Crippen molar-refractivity contribution in [1.82, 2.24) is 0 Å². The second-order valence-corrected chi connectivity index (χ2v) is 6.74. The minimum absolute atomic E-state index is 0.0288. The summed E-state index contributed by atoms with van der Waals surface area (Å²) < 4.78 is 11.3. The largest absolute Gasteiger partial charge is 0.493 e. The molecule has 3 aromatic rings. The lowest BCUT2D eigenvalue weighted by Crippen LogP contribution is -1.98. The van der Waals surface area contributed by atoms with Gasteiger partial charge in [-0.2, -0.15) is 5.26 Å². The van der Waals surface area contributed by atoms with Gasteiger partial charge in [-0.3, -0.25) is 10.1 Å². The maximum absolute atomic E-state index is 10.8. The highest BCUT2D eigenvalue weighted by Crippen LogP contribution is 2.31. The van der Waals surface area contributed by atoms with Gasteiger partial charge in [0.15, 0.2) is 11.5 Å². The number of nitrogens with zero attached hydrogens (tertiary/aromatic N) is 2. The third kappa shape index (κ3) is 5.16. The lowest BCUT2D eigenvalue weighted by Gasteiger charge is -2.12. The fourth-order valence-electron chi connectivity index (χ4n) is 2.79. The van der Waals surface area contributed by atoms with Crippen LogP contribution in [0.3, 0.4) is 0 Å². The van der Waals surface area contributed by atoms with Crippen molar-refractivity contribution in [2.45, 2.75) is 6.61 Å². The Kier molecular flexibility index (Phi) is 6.68. The summed E-state index contributed by atoms with van der Waals surface area (Å²) in [6.45, 7) is 0.332. The molecule has 0 N–H and O–H groups in total. The zero-order valence-corrected chi connectivity index (χ0v) is 16.8. The predicted molar refractivity (Wildman–Crippen MR) is 115 cm³/mol. The fraction of sp³-hybridized carbons (Fsp3) is 0.0870. The van der Waals surface area contributed by atoms with E-state index in [0.717, 1.165) is 11.1 Å². The summed E-state index contributed by atoms with van der Waals surface area (Å²) in [7, 11) is 1.54. The van der Waals surface area contributed by atoms with Gasteiger partial charge in [0.2, 0.25) is 0 Å². The molecule has 0 bridgehead atoms. The molecule has 0 aliphatic rings. The lowest BCUT2D eigenvalue weighted by molar-refractivity contribution is -0.384. The van der Waals surface area contributed by atoms with Crippen LogP contribution >= 0.6 is 11.6 Å². The zero-order chi connectivity index (χ0) is 21.5. The number of methoxy groups -OCH3 is 1. The van der Waals surface area contributed by atoms with E-state index in [0.29, 0.717) is 34.3 Å². The number of nitro benzene ring substituents is 1. The van der Waals surface area contributed by atoms with Crippen LogP contribution in [0.15, 0.2) is 66.7 Å². The first-order chi connectivity index (χ1) is 14.5. The summed E-state index contributed by atoms with van der Waals surface area (Å²) in [5, 5.41) is 21.0. The van der Waals surface area contributed by atoms with Crippen molar-refractivity contribution in [1.29, 1.82) is 5.26 Å². The minimum Gasteiger partial charge on any atom is -0.493 e. The maximum Gasteiger partial charge on any atom is 0.269 e. The summed E-state index contributed by atoms with van der Waals surface area (Å²) in [6.07, 6.45) is 1.68. The van der Waals surface area contributed by atoms with E-state index in [1.807, 2.05) is 18.2 Å². The lowest BCUT2D eigenvalue weighted by atomic mass is 10.0. The second kappa shape index (κ2) is 9.59. The Hall–Kier alpha value is -3.82. The summed E-state index contributed by atoms with van der Waals surface area (Å²) in [5.41, 5.74) is 2.59. The standard InChI is InChI=1S/C23H17ClN2O4/c1-29-23-13-16(5-10-22(23)30-15-17-3-2-4-20(24)12-17)11-19(14-25)18-6-8-21(9-7-18)26(27)28/h2-13H,15H2,1H3/b19-11+. The van der Waals surface area contributed by atoms with Crippen molar-refractivity contribution in [3.05, 3.63) is 98.6 Å². The van der Waals surface area contributed by atoms with Gasteiger partial charge in [0.1, 0.15) is 6.61 Å². The van der Waals surface area contributed by atoms with Gasteiger partial charge in [-0.15, -0.1) is 0 Å². The molecule has 0 saturated carbocycles. The molecule has 150 valence electrons. The van der Waals surface area contributed by atoms with Gasteiger partial charge in [-0.1, -0.05) is 29.8 Å². The maximum atomic E-state index is 10.8. The SMILES string of the molecule is COc1cc(/C=C(\C#N)c2ccc([N+](=O)[O-])cc2)ccc1OCc1cccc(Cl)c1. The van der Waals surface area contributed by atoms with Crippen LogP contribution in [0.1, 0.15) is 16.7 Å². The Morgan fingerprint density at radius 1 is 1.13 bits per heavy atom. The van der Waals surface area contributed by atoms with Crippen LogP contribution in [0.5, 0.6) is 11.5 Å². The van der Waals surface area contributed by atoms with Gasteiger partial charge >= 0.3 is 0 Å². The van der Waals surface area contributed by atoms with E-state index >= 15 is 0 Å². The average Bonchev–Trinajstić information content (AvgIpc) is 2.76. The molecular formula is C23H17ClN2O4. The van der Waals surface area contributed by atoms with Gasteiger partial charge in [-0.25, -0.2) is 0 Å². The number of hydrogen-bond donors (Lipinski definition) is 0. The molecule has 0 aliphatic heterocycles. The molecule has 30 heavy (non-hydrogen) atoms. The topological polar surface area (TPSA) is 85.4 Å². The number of allylic oxidation sites excluding steroid dienone is 1. The Morgan fingerprint density at radius 3 is 2.53 bits per heavy atom. The Balaban J connectivity index is 1.81. The van der Waals surface area contributed by atoms with Crippen molar-refractivity contribution in [2.75, 3.05) is 7.11 Å². The third-order valence-corrected chi connectivity index (χ3v) is 4.53. The summed E-state index contributed by atoms with van der Waals surface area (Å²) in [5.74, 6) is 1.08. The van der Waals surface area contributed by atoms with E-state index in [4.69, 9.17) is 21.1 Å². The number of nitro groups is 1. The number of hydrogen-bond acceptors (Lipinski definition) is 5. The van der Waals surface area contributed by atoms with Crippen LogP contribution in [0, 0.1) is 21.4 Å². The average molecular weight is 421 g/mol. The Bertz CT molecular complexity index is 1130. The van der Waals surface area contributed by atoms with Crippen molar-refractivity contribution >= 4 is 28.9 Å². The van der Waals surface area contributed by atoms with Crippen LogP contribution < -0.4 is 9.47 Å². The highest BCUT2D eigenvalue weighted by atomic mass is 35.5. The number of rotatable bonds is 7.